The van der Waals surface area contributed by atoms with Crippen molar-refractivity contribution in [2.45, 2.75) is 12.8 Å². The first-order chi connectivity index (χ1) is 13.1. The van der Waals surface area contributed by atoms with Crippen molar-refractivity contribution >= 4 is 39.2 Å². The number of carbonyl (C=O) groups excluding carboxylic acids is 1. The van der Waals surface area contributed by atoms with Crippen LogP contribution in [0, 0.1) is 5.92 Å². The number of likely N-dealkylation sites (tertiary alicyclic amines) is 1. The van der Waals surface area contributed by atoms with Gasteiger partial charge >= 0.3 is 12.0 Å². The molecule has 3 aromatic rings. The molecule has 0 bridgehead atoms. The summed E-state index contributed by atoms with van der Waals surface area (Å²) in [6.45, 7) is 0.731. The number of para-hydroxylation sites is 1. The zero-order valence-electron chi connectivity index (χ0n) is 14.6. The summed E-state index contributed by atoms with van der Waals surface area (Å²) < 4.78 is 1.18. The number of fused-ring (bicyclic) bond motifs is 1. The highest BCUT2D eigenvalue weighted by Crippen LogP contribution is 2.24. The highest BCUT2D eigenvalue weighted by molar-refractivity contribution is 7.18. The summed E-state index contributed by atoms with van der Waals surface area (Å²) in [5.41, 5.74) is 2.85. The number of benzene rings is 2. The van der Waals surface area contributed by atoms with Gasteiger partial charge in [0, 0.05) is 25.2 Å². The van der Waals surface area contributed by atoms with Crippen molar-refractivity contribution in [3.8, 4) is 0 Å². The van der Waals surface area contributed by atoms with Crippen molar-refractivity contribution in [1.82, 2.24) is 9.88 Å². The summed E-state index contributed by atoms with van der Waals surface area (Å²) in [5.74, 6) is -1.31. The third kappa shape index (κ3) is 3.93. The van der Waals surface area contributed by atoms with E-state index in [-0.39, 0.29) is 12.6 Å². The predicted octanol–water partition coefficient (Wildman–Crippen LogP) is 3.83. The molecule has 4 rings (SSSR count). The molecule has 0 radical (unpaired) electrons. The molecule has 2 N–H and O–H groups in total. The maximum absolute atomic E-state index is 12.3. The zero-order chi connectivity index (χ0) is 18.8. The molecule has 1 unspecified atom stereocenters. The number of nitrogens with one attached hydrogen (secondary N) is 1. The number of aliphatic carboxylic acids is 1. The molecule has 1 saturated heterocycles. The number of rotatable bonds is 4. The molecule has 0 saturated carbocycles. The van der Waals surface area contributed by atoms with E-state index in [2.05, 4.69) is 16.4 Å². The summed E-state index contributed by atoms with van der Waals surface area (Å²) in [6.07, 6.45) is 1.25. The van der Waals surface area contributed by atoms with Crippen LogP contribution in [0.25, 0.3) is 10.2 Å². The highest BCUT2D eigenvalue weighted by Gasteiger charge is 2.30. The highest BCUT2D eigenvalue weighted by atomic mass is 32.1. The van der Waals surface area contributed by atoms with Crippen LogP contribution >= 0.6 is 11.3 Å². The van der Waals surface area contributed by atoms with Crippen LogP contribution in [0.4, 0.5) is 10.5 Å². The molecule has 1 aliphatic rings. The van der Waals surface area contributed by atoms with Crippen LogP contribution in [0.5, 0.6) is 0 Å². The second-order valence-electron chi connectivity index (χ2n) is 6.65. The Hall–Kier alpha value is -2.93. The Labute approximate surface area is 160 Å². The third-order valence-electron chi connectivity index (χ3n) is 4.72. The van der Waals surface area contributed by atoms with Gasteiger partial charge in [-0.3, -0.25) is 4.79 Å². The summed E-state index contributed by atoms with van der Waals surface area (Å²) in [7, 11) is 0. The molecule has 0 aliphatic carbocycles. The monoisotopic (exact) mass is 381 g/mol. The van der Waals surface area contributed by atoms with Gasteiger partial charge in [0.05, 0.1) is 21.1 Å². The predicted molar refractivity (Wildman–Crippen MR) is 105 cm³/mol. The minimum absolute atomic E-state index is 0.252. The van der Waals surface area contributed by atoms with Crippen molar-refractivity contribution in [3.05, 3.63) is 59.1 Å². The minimum Gasteiger partial charge on any atom is -0.481 e. The second kappa shape index (κ2) is 7.36. The molecule has 1 aromatic heterocycles. The standard InChI is InChI=1S/C20H19N3O3S/c24-19(25)14-9-10-23(12-14)20(26)21-15-7-5-13(6-8-15)11-18-22-16-3-1-2-4-17(16)27-18/h1-8,14H,9-12H2,(H,21,26)(H,24,25). The number of carbonyl (C=O) groups is 2. The fourth-order valence-corrected chi connectivity index (χ4v) is 4.23. The summed E-state index contributed by atoms with van der Waals surface area (Å²) in [6, 6.07) is 15.5. The van der Waals surface area contributed by atoms with Crippen molar-refractivity contribution < 1.29 is 14.7 Å². The second-order valence-corrected chi connectivity index (χ2v) is 7.76. The maximum atomic E-state index is 12.3. The molecule has 1 atom stereocenters. The Morgan fingerprint density at radius 1 is 1.19 bits per heavy atom. The summed E-state index contributed by atoms with van der Waals surface area (Å²) in [4.78, 5) is 29.5. The van der Waals surface area contributed by atoms with E-state index in [9.17, 15) is 9.59 Å². The zero-order valence-corrected chi connectivity index (χ0v) is 15.4. The van der Waals surface area contributed by atoms with Gasteiger partial charge in [0.2, 0.25) is 0 Å². The minimum atomic E-state index is -0.843. The first-order valence-corrected chi connectivity index (χ1v) is 9.62. The Kier molecular flexibility index (Phi) is 4.77. The number of hydrogen-bond donors (Lipinski definition) is 2. The number of carboxylic acid groups (broad SMARTS) is 1. The van der Waals surface area contributed by atoms with E-state index in [1.54, 1.807) is 16.2 Å². The number of hydrogen-bond acceptors (Lipinski definition) is 4. The molecule has 2 heterocycles. The number of urea groups is 1. The molecule has 1 aliphatic heterocycles. The molecule has 27 heavy (non-hydrogen) atoms. The number of aromatic nitrogens is 1. The fourth-order valence-electron chi connectivity index (χ4n) is 3.22. The summed E-state index contributed by atoms with van der Waals surface area (Å²) in [5, 5.41) is 12.9. The van der Waals surface area contributed by atoms with Crippen LogP contribution in [-0.4, -0.2) is 40.1 Å². The molecular weight excluding hydrogens is 362 g/mol. The number of carboxylic acids is 1. The van der Waals surface area contributed by atoms with E-state index >= 15 is 0 Å². The van der Waals surface area contributed by atoms with Crippen LogP contribution < -0.4 is 5.32 Å². The van der Waals surface area contributed by atoms with Crippen LogP contribution in [0.3, 0.4) is 0 Å². The van der Waals surface area contributed by atoms with E-state index in [1.807, 2.05) is 42.5 Å². The lowest BCUT2D eigenvalue weighted by molar-refractivity contribution is -0.141. The van der Waals surface area contributed by atoms with Gasteiger partial charge in [-0.1, -0.05) is 24.3 Å². The molecule has 2 aromatic carbocycles. The average molecular weight is 381 g/mol. The topological polar surface area (TPSA) is 82.5 Å². The van der Waals surface area contributed by atoms with Gasteiger partial charge in [-0.25, -0.2) is 9.78 Å². The molecule has 2 amide bonds. The third-order valence-corrected chi connectivity index (χ3v) is 5.76. The number of amides is 2. The van der Waals surface area contributed by atoms with Crippen molar-refractivity contribution in [2.24, 2.45) is 5.92 Å². The van der Waals surface area contributed by atoms with Crippen molar-refractivity contribution in [1.29, 1.82) is 0 Å². The van der Waals surface area contributed by atoms with E-state index in [0.29, 0.717) is 18.7 Å². The van der Waals surface area contributed by atoms with Gasteiger partial charge in [-0.15, -0.1) is 11.3 Å². The van der Waals surface area contributed by atoms with Gasteiger partial charge in [-0.05, 0) is 36.2 Å². The van der Waals surface area contributed by atoms with Gasteiger partial charge in [0.25, 0.3) is 0 Å². The molecule has 138 valence electrons. The Bertz CT molecular complexity index is 951. The van der Waals surface area contributed by atoms with E-state index in [0.717, 1.165) is 22.5 Å². The van der Waals surface area contributed by atoms with Crippen molar-refractivity contribution in [2.75, 3.05) is 18.4 Å². The quantitative estimate of drug-likeness (QED) is 0.720. The normalized spacial score (nSPS) is 16.6. The van der Waals surface area contributed by atoms with E-state index < -0.39 is 11.9 Å². The van der Waals surface area contributed by atoms with Crippen LogP contribution in [-0.2, 0) is 11.2 Å². The van der Waals surface area contributed by atoms with Crippen LogP contribution in [0.1, 0.15) is 17.0 Å². The number of anilines is 1. The van der Waals surface area contributed by atoms with E-state index in [1.165, 1.54) is 4.70 Å². The van der Waals surface area contributed by atoms with Gasteiger partial charge < -0.3 is 15.3 Å². The lowest BCUT2D eigenvalue weighted by atomic mass is 10.1. The smallest absolute Gasteiger partial charge is 0.321 e. The summed E-state index contributed by atoms with van der Waals surface area (Å²) >= 11 is 1.69. The number of nitrogens with zero attached hydrogens (tertiary/aromatic N) is 2. The maximum Gasteiger partial charge on any atom is 0.321 e. The lowest BCUT2D eigenvalue weighted by Crippen LogP contribution is -2.33. The molecule has 1 fully saturated rings. The van der Waals surface area contributed by atoms with Gasteiger partial charge in [0.15, 0.2) is 0 Å². The Morgan fingerprint density at radius 2 is 1.96 bits per heavy atom. The Balaban J connectivity index is 1.37. The Morgan fingerprint density at radius 3 is 2.67 bits per heavy atom. The molecule has 6 nitrogen and oxygen atoms in total. The molecule has 0 spiro atoms. The molecule has 7 heteroatoms. The SMILES string of the molecule is O=C(O)C1CCN(C(=O)Nc2ccc(Cc3nc4ccccc4s3)cc2)C1. The lowest BCUT2D eigenvalue weighted by Gasteiger charge is -2.16. The fraction of sp³-hybridized carbons (Fsp3) is 0.250. The van der Waals surface area contributed by atoms with Crippen LogP contribution in [0.2, 0.25) is 0 Å². The van der Waals surface area contributed by atoms with Gasteiger partial charge in [-0.2, -0.15) is 0 Å². The average Bonchev–Trinajstić information content (AvgIpc) is 3.30. The number of thiazole rings is 1. The first kappa shape index (κ1) is 17.5. The van der Waals surface area contributed by atoms with Crippen molar-refractivity contribution in [3.63, 3.8) is 0 Å². The largest absolute Gasteiger partial charge is 0.481 e. The molecular formula is C20H19N3O3S. The first-order valence-electron chi connectivity index (χ1n) is 8.80. The van der Waals surface area contributed by atoms with Gasteiger partial charge in [0.1, 0.15) is 0 Å². The van der Waals surface area contributed by atoms with E-state index in [4.69, 9.17) is 5.11 Å². The van der Waals surface area contributed by atoms with Crippen LogP contribution in [0.15, 0.2) is 48.5 Å².